The second-order valence-electron chi connectivity index (χ2n) is 5.12. The van der Waals surface area contributed by atoms with E-state index in [1.807, 2.05) is 30.3 Å². The molecule has 0 aliphatic carbocycles. The van der Waals surface area contributed by atoms with Gasteiger partial charge in [-0.05, 0) is 18.9 Å². The van der Waals surface area contributed by atoms with Crippen molar-refractivity contribution in [2.24, 2.45) is 11.7 Å². The molecule has 0 aliphatic heterocycles. The van der Waals surface area contributed by atoms with Crippen molar-refractivity contribution in [1.82, 2.24) is 5.32 Å². The van der Waals surface area contributed by atoms with Gasteiger partial charge < -0.3 is 11.1 Å². The minimum Gasteiger partial charge on any atom is -0.352 e. The average Bonchev–Trinajstić information content (AvgIpc) is 2.34. The van der Waals surface area contributed by atoms with Crippen LogP contribution in [0.1, 0.15) is 12.5 Å². The van der Waals surface area contributed by atoms with Crippen LogP contribution in [0.15, 0.2) is 30.3 Å². The van der Waals surface area contributed by atoms with Gasteiger partial charge in [0.2, 0.25) is 5.91 Å². The van der Waals surface area contributed by atoms with Crippen LogP contribution in [0.25, 0.3) is 0 Å². The van der Waals surface area contributed by atoms with E-state index >= 15 is 0 Å². The lowest BCUT2D eigenvalue weighted by Crippen LogP contribution is -2.43. The Bertz CT molecular complexity index is 529. The minimum absolute atomic E-state index is 0.0681. The number of nitrogens with one attached hydrogen (secondary N) is 1. The van der Waals surface area contributed by atoms with E-state index in [4.69, 9.17) is 5.73 Å². The van der Waals surface area contributed by atoms with E-state index in [2.05, 4.69) is 5.32 Å². The lowest BCUT2D eigenvalue weighted by molar-refractivity contribution is -0.125. The summed E-state index contributed by atoms with van der Waals surface area (Å²) in [7, 11) is -3.11. The van der Waals surface area contributed by atoms with Crippen LogP contribution in [0.5, 0.6) is 0 Å². The van der Waals surface area contributed by atoms with Crippen LogP contribution in [0.4, 0.5) is 0 Å². The molecule has 5 nitrogen and oxygen atoms in total. The van der Waals surface area contributed by atoms with Crippen LogP contribution in [-0.2, 0) is 21.1 Å². The highest BCUT2D eigenvalue weighted by molar-refractivity contribution is 7.90. The molecule has 0 radical (unpaired) electrons. The fourth-order valence-electron chi connectivity index (χ4n) is 2.04. The topological polar surface area (TPSA) is 89.3 Å². The second-order valence-corrected chi connectivity index (χ2v) is 7.31. The van der Waals surface area contributed by atoms with E-state index in [-0.39, 0.29) is 24.1 Å². The van der Waals surface area contributed by atoms with Crippen molar-refractivity contribution in [3.8, 4) is 0 Å². The van der Waals surface area contributed by atoms with Gasteiger partial charge in [-0.2, -0.15) is 0 Å². The van der Waals surface area contributed by atoms with Crippen LogP contribution in [0, 0.1) is 5.92 Å². The number of nitrogens with two attached hydrogens (primary N) is 1. The van der Waals surface area contributed by atoms with Crippen LogP contribution >= 0.6 is 0 Å². The zero-order chi connectivity index (χ0) is 15.2. The van der Waals surface area contributed by atoms with Gasteiger partial charge in [-0.3, -0.25) is 4.79 Å². The van der Waals surface area contributed by atoms with Gasteiger partial charge in [0.1, 0.15) is 9.84 Å². The third-order valence-electron chi connectivity index (χ3n) is 2.92. The maximum Gasteiger partial charge on any atom is 0.224 e. The van der Waals surface area contributed by atoms with Gasteiger partial charge in [-0.25, -0.2) is 8.42 Å². The van der Waals surface area contributed by atoms with Crippen molar-refractivity contribution >= 4 is 15.7 Å². The molecule has 0 spiro atoms. The first kappa shape index (κ1) is 16.7. The summed E-state index contributed by atoms with van der Waals surface area (Å²) in [6.07, 6.45) is 1.70. The smallest absolute Gasteiger partial charge is 0.224 e. The van der Waals surface area contributed by atoms with Crippen LogP contribution < -0.4 is 11.1 Å². The Morgan fingerprint density at radius 2 is 1.90 bits per heavy atom. The summed E-state index contributed by atoms with van der Waals surface area (Å²) >= 11 is 0. The van der Waals surface area contributed by atoms with E-state index < -0.39 is 15.9 Å². The van der Waals surface area contributed by atoms with Gasteiger partial charge in [0.25, 0.3) is 0 Å². The molecule has 0 saturated heterocycles. The Hall–Kier alpha value is -1.40. The minimum atomic E-state index is -3.11. The molecule has 3 N–H and O–H groups in total. The third-order valence-corrected chi connectivity index (χ3v) is 4.03. The Balaban J connectivity index is 2.59. The molecule has 1 amide bonds. The standard InChI is InChI=1S/C14H22N2O3S/c1-11(10-20(2,18)19)16-14(17)13(9-15)8-12-6-4-3-5-7-12/h3-7,11,13H,8-10,15H2,1-2H3,(H,16,17). The van der Waals surface area contributed by atoms with Crippen molar-refractivity contribution in [3.63, 3.8) is 0 Å². The highest BCUT2D eigenvalue weighted by Crippen LogP contribution is 2.08. The molecule has 2 unspecified atom stereocenters. The van der Waals surface area contributed by atoms with Gasteiger partial charge >= 0.3 is 0 Å². The lowest BCUT2D eigenvalue weighted by atomic mass is 9.98. The van der Waals surface area contributed by atoms with Crippen LogP contribution in [0.3, 0.4) is 0 Å². The number of carbonyl (C=O) groups is 1. The van der Waals surface area contributed by atoms with Crippen LogP contribution in [-0.4, -0.2) is 38.9 Å². The highest BCUT2D eigenvalue weighted by atomic mass is 32.2. The summed E-state index contributed by atoms with van der Waals surface area (Å²) in [6, 6.07) is 9.20. The molecule has 1 aromatic carbocycles. The molecule has 1 rings (SSSR count). The molecule has 0 heterocycles. The van der Waals surface area contributed by atoms with E-state index in [1.165, 1.54) is 0 Å². The van der Waals surface area contributed by atoms with Gasteiger partial charge in [0.15, 0.2) is 0 Å². The van der Waals surface area contributed by atoms with E-state index in [0.717, 1.165) is 11.8 Å². The molecule has 2 atom stereocenters. The molecule has 6 heteroatoms. The largest absolute Gasteiger partial charge is 0.352 e. The summed E-state index contributed by atoms with van der Waals surface area (Å²) in [6.45, 7) is 1.90. The number of hydrogen-bond acceptors (Lipinski definition) is 4. The predicted molar refractivity (Wildman–Crippen MR) is 80.0 cm³/mol. The Kier molecular flexibility index (Phi) is 6.16. The number of rotatable bonds is 7. The van der Waals surface area contributed by atoms with Crippen molar-refractivity contribution in [2.75, 3.05) is 18.6 Å². The van der Waals surface area contributed by atoms with Crippen molar-refractivity contribution in [1.29, 1.82) is 0 Å². The van der Waals surface area contributed by atoms with E-state index in [0.29, 0.717) is 6.42 Å². The highest BCUT2D eigenvalue weighted by Gasteiger charge is 2.20. The molecule has 1 aromatic rings. The van der Waals surface area contributed by atoms with Crippen molar-refractivity contribution in [3.05, 3.63) is 35.9 Å². The Morgan fingerprint density at radius 1 is 1.30 bits per heavy atom. The zero-order valence-corrected chi connectivity index (χ0v) is 12.7. The molecule has 0 bridgehead atoms. The first-order chi connectivity index (χ1) is 9.31. The van der Waals surface area contributed by atoms with Crippen molar-refractivity contribution < 1.29 is 13.2 Å². The van der Waals surface area contributed by atoms with Crippen LogP contribution in [0.2, 0.25) is 0 Å². The van der Waals surface area contributed by atoms with E-state index in [1.54, 1.807) is 6.92 Å². The number of carbonyl (C=O) groups excluding carboxylic acids is 1. The number of sulfone groups is 1. The Labute approximate surface area is 120 Å². The second kappa shape index (κ2) is 7.40. The predicted octanol–water partition coefficient (Wildman–Crippen LogP) is 0.353. The van der Waals surface area contributed by atoms with Gasteiger partial charge in [-0.15, -0.1) is 0 Å². The molecule has 0 aliphatic rings. The maximum absolute atomic E-state index is 12.1. The quantitative estimate of drug-likeness (QED) is 0.760. The third kappa shape index (κ3) is 6.16. The summed E-state index contributed by atoms with van der Waals surface area (Å²) in [5.74, 6) is -0.617. The fourth-order valence-corrected chi connectivity index (χ4v) is 3.03. The fraction of sp³-hybridized carbons (Fsp3) is 0.500. The van der Waals surface area contributed by atoms with Crippen molar-refractivity contribution in [2.45, 2.75) is 19.4 Å². The molecule has 112 valence electrons. The molecular formula is C14H22N2O3S. The summed E-state index contributed by atoms with van der Waals surface area (Å²) in [4.78, 5) is 12.1. The monoisotopic (exact) mass is 298 g/mol. The first-order valence-corrected chi connectivity index (χ1v) is 8.60. The normalized spacial score (nSPS) is 14.6. The van der Waals surface area contributed by atoms with E-state index in [9.17, 15) is 13.2 Å². The maximum atomic E-state index is 12.1. The zero-order valence-electron chi connectivity index (χ0n) is 11.9. The first-order valence-electron chi connectivity index (χ1n) is 6.54. The number of hydrogen-bond donors (Lipinski definition) is 2. The molecule has 0 fully saturated rings. The molecule has 0 aromatic heterocycles. The summed E-state index contributed by atoms with van der Waals surface area (Å²) < 4.78 is 22.4. The summed E-state index contributed by atoms with van der Waals surface area (Å²) in [5.41, 5.74) is 6.68. The molecule has 0 saturated carbocycles. The summed E-state index contributed by atoms with van der Waals surface area (Å²) in [5, 5.41) is 2.71. The average molecular weight is 298 g/mol. The van der Waals surface area contributed by atoms with Gasteiger partial charge in [-0.1, -0.05) is 30.3 Å². The molecule has 20 heavy (non-hydrogen) atoms. The SMILES string of the molecule is CC(CS(C)(=O)=O)NC(=O)C(CN)Cc1ccccc1. The van der Waals surface area contributed by atoms with Gasteiger partial charge in [0.05, 0.1) is 11.7 Å². The lowest BCUT2D eigenvalue weighted by Gasteiger charge is -2.18. The number of benzene rings is 1. The van der Waals surface area contributed by atoms with Gasteiger partial charge in [0, 0.05) is 18.8 Å². The molecular weight excluding hydrogens is 276 g/mol. The number of amides is 1. The Morgan fingerprint density at radius 3 is 2.40 bits per heavy atom.